The van der Waals surface area contributed by atoms with Crippen molar-refractivity contribution in [2.75, 3.05) is 10.2 Å². The van der Waals surface area contributed by atoms with Gasteiger partial charge in [0.1, 0.15) is 0 Å². The predicted octanol–water partition coefficient (Wildman–Crippen LogP) is 5.52. The van der Waals surface area contributed by atoms with E-state index in [4.69, 9.17) is 12.2 Å². The van der Waals surface area contributed by atoms with Crippen LogP contribution in [0.5, 0.6) is 0 Å². The first-order valence-corrected chi connectivity index (χ1v) is 12.1. The molecule has 1 aromatic carbocycles. The topological polar surface area (TPSA) is 62.2 Å². The van der Waals surface area contributed by atoms with E-state index in [1.165, 1.54) is 44.6 Å². The van der Waals surface area contributed by atoms with Crippen molar-refractivity contribution in [1.82, 2.24) is 14.9 Å². The number of nitrogens with one attached hydrogen (secondary N) is 2. The summed E-state index contributed by atoms with van der Waals surface area (Å²) in [7, 11) is 0. The Labute approximate surface area is 200 Å². The Bertz CT molecular complexity index is 1120. The summed E-state index contributed by atoms with van der Waals surface area (Å²) >= 11 is 5.82. The molecule has 1 saturated heterocycles. The number of nitrogens with zero attached hydrogens (tertiary/aromatic N) is 3. The number of carbonyl (C=O) groups excluding carboxylic acids is 1. The highest BCUT2D eigenvalue weighted by Crippen LogP contribution is 2.42. The van der Waals surface area contributed by atoms with Crippen LogP contribution in [-0.2, 0) is 4.79 Å². The van der Waals surface area contributed by atoms with Gasteiger partial charge in [0.25, 0.3) is 0 Å². The average Bonchev–Trinajstić information content (AvgIpc) is 3.45. The van der Waals surface area contributed by atoms with Crippen LogP contribution in [-0.4, -0.2) is 20.6 Å². The molecule has 0 radical (unpaired) electrons. The molecule has 6 nitrogen and oxygen atoms in total. The summed E-state index contributed by atoms with van der Waals surface area (Å²) in [6.45, 7) is 1.51. The number of rotatable bonds is 5. The lowest BCUT2D eigenvalue weighted by Crippen LogP contribution is -2.29. The van der Waals surface area contributed by atoms with Crippen molar-refractivity contribution >= 4 is 34.6 Å². The van der Waals surface area contributed by atoms with Gasteiger partial charge in [0, 0.05) is 42.9 Å². The summed E-state index contributed by atoms with van der Waals surface area (Å²) in [6.07, 6.45) is 12.8. The molecule has 2 aromatic heterocycles. The van der Waals surface area contributed by atoms with Crippen molar-refractivity contribution < 1.29 is 4.79 Å². The molecule has 3 heterocycles. The van der Waals surface area contributed by atoms with Crippen molar-refractivity contribution in [2.24, 2.45) is 0 Å². The lowest BCUT2D eigenvalue weighted by Gasteiger charge is -2.28. The summed E-state index contributed by atoms with van der Waals surface area (Å²) in [4.78, 5) is 18.2. The van der Waals surface area contributed by atoms with Crippen LogP contribution in [0.2, 0.25) is 0 Å². The van der Waals surface area contributed by atoms with Crippen LogP contribution in [0.25, 0.3) is 0 Å². The maximum Gasteiger partial charge on any atom is 0.221 e. The Morgan fingerprint density at radius 1 is 1.09 bits per heavy atom. The number of benzene rings is 1. The lowest BCUT2D eigenvalue weighted by atomic mass is 9.95. The second-order valence-corrected chi connectivity index (χ2v) is 9.30. The zero-order valence-corrected chi connectivity index (χ0v) is 19.6. The fourth-order valence-corrected chi connectivity index (χ4v) is 5.44. The maximum absolute atomic E-state index is 11.4. The molecule has 2 atom stereocenters. The van der Waals surface area contributed by atoms with E-state index in [0.717, 1.165) is 17.1 Å². The molecule has 3 aromatic rings. The highest BCUT2D eigenvalue weighted by Gasteiger charge is 2.41. The van der Waals surface area contributed by atoms with E-state index in [1.807, 2.05) is 42.6 Å². The van der Waals surface area contributed by atoms with E-state index >= 15 is 0 Å². The number of carbonyl (C=O) groups is 1. The summed E-state index contributed by atoms with van der Waals surface area (Å²) in [6, 6.07) is 16.6. The molecule has 0 bridgehead atoms. The Hall–Kier alpha value is -3.19. The van der Waals surface area contributed by atoms with Crippen LogP contribution in [0.1, 0.15) is 68.4 Å². The standard InChI is InChI=1S/C26H29N5OS/c1-18(32)28-20-10-12-22(13-11-20)31-25(24(29-26(31)33)23-9-5-6-15-27-23)19-14-16-30(17-19)21-7-3-2-4-8-21/h5-6,9-17,21,24-25H,2-4,7-8H2,1H3,(H,28,32)(H,29,33)/t24-,25-/m0/s1. The number of aromatic nitrogens is 2. The van der Waals surface area contributed by atoms with Crippen LogP contribution in [0.3, 0.4) is 0 Å². The zero-order valence-electron chi connectivity index (χ0n) is 18.8. The molecule has 2 fully saturated rings. The minimum atomic E-state index is -0.0849. The first-order valence-electron chi connectivity index (χ1n) is 11.7. The fraction of sp³-hybridized carbons (Fsp3) is 0.346. The SMILES string of the molecule is CC(=O)Nc1ccc(N2C(=S)N[C@@H](c3ccccn3)[C@@H]2c2ccn(C3CCCCC3)c2)cc1. The molecule has 1 amide bonds. The number of anilines is 2. The summed E-state index contributed by atoms with van der Waals surface area (Å²) < 4.78 is 2.39. The van der Waals surface area contributed by atoms with E-state index < -0.39 is 0 Å². The molecule has 1 saturated carbocycles. The van der Waals surface area contributed by atoms with Crippen molar-refractivity contribution in [3.8, 4) is 0 Å². The lowest BCUT2D eigenvalue weighted by molar-refractivity contribution is -0.114. The fourth-order valence-electron chi connectivity index (χ4n) is 5.09. The van der Waals surface area contributed by atoms with Crippen molar-refractivity contribution in [3.05, 3.63) is 78.4 Å². The first kappa shape index (κ1) is 21.6. The normalized spacial score (nSPS) is 21.1. The first-order chi connectivity index (χ1) is 16.1. The van der Waals surface area contributed by atoms with Crippen LogP contribution in [0, 0.1) is 0 Å². The summed E-state index contributed by atoms with van der Waals surface area (Å²) in [5.41, 5.74) is 3.93. The molecule has 2 N–H and O–H groups in total. The van der Waals surface area contributed by atoms with Crippen molar-refractivity contribution in [3.63, 3.8) is 0 Å². The van der Waals surface area contributed by atoms with Gasteiger partial charge in [0.15, 0.2) is 5.11 Å². The van der Waals surface area contributed by atoms with Gasteiger partial charge in [-0.05, 0) is 73.1 Å². The van der Waals surface area contributed by atoms with Gasteiger partial charge in [0.05, 0.1) is 17.8 Å². The molecular weight excluding hydrogens is 430 g/mol. The van der Waals surface area contributed by atoms with Gasteiger partial charge in [-0.25, -0.2) is 0 Å². The highest BCUT2D eigenvalue weighted by molar-refractivity contribution is 7.80. The average molecular weight is 460 g/mol. The number of hydrogen-bond acceptors (Lipinski definition) is 3. The minimum absolute atomic E-state index is 0.0242. The number of hydrogen-bond donors (Lipinski definition) is 2. The third-order valence-corrected chi connectivity index (χ3v) is 6.95. The van der Waals surface area contributed by atoms with Gasteiger partial charge in [-0.1, -0.05) is 25.3 Å². The second-order valence-electron chi connectivity index (χ2n) is 8.91. The van der Waals surface area contributed by atoms with E-state index in [2.05, 4.69) is 49.6 Å². The molecule has 33 heavy (non-hydrogen) atoms. The van der Waals surface area contributed by atoms with Gasteiger partial charge >= 0.3 is 0 Å². The Morgan fingerprint density at radius 2 is 1.88 bits per heavy atom. The molecule has 5 rings (SSSR count). The second kappa shape index (κ2) is 9.35. The largest absolute Gasteiger partial charge is 0.351 e. The highest BCUT2D eigenvalue weighted by atomic mass is 32.1. The number of pyridine rings is 1. The van der Waals surface area contributed by atoms with Crippen LogP contribution >= 0.6 is 12.2 Å². The summed E-state index contributed by atoms with van der Waals surface area (Å²) in [5, 5.41) is 7.02. The third-order valence-electron chi connectivity index (χ3n) is 6.64. The van der Waals surface area contributed by atoms with Crippen LogP contribution < -0.4 is 15.5 Å². The molecule has 0 unspecified atom stereocenters. The molecule has 0 spiro atoms. The zero-order chi connectivity index (χ0) is 22.8. The van der Waals surface area contributed by atoms with Gasteiger partial charge in [-0.2, -0.15) is 0 Å². The number of amides is 1. The van der Waals surface area contributed by atoms with Gasteiger partial charge < -0.3 is 20.1 Å². The van der Waals surface area contributed by atoms with Gasteiger partial charge in [-0.3, -0.25) is 9.78 Å². The Morgan fingerprint density at radius 3 is 2.58 bits per heavy atom. The van der Waals surface area contributed by atoms with E-state index in [0.29, 0.717) is 11.2 Å². The van der Waals surface area contributed by atoms with Crippen LogP contribution in [0.15, 0.2) is 67.1 Å². The predicted molar refractivity (Wildman–Crippen MR) is 135 cm³/mol. The molecule has 7 heteroatoms. The smallest absolute Gasteiger partial charge is 0.221 e. The van der Waals surface area contributed by atoms with E-state index in [1.54, 1.807) is 0 Å². The number of thiocarbonyl (C=S) groups is 1. The van der Waals surface area contributed by atoms with Crippen molar-refractivity contribution in [2.45, 2.75) is 57.2 Å². The Kier molecular flexibility index (Phi) is 6.13. The monoisotopic (exact) mass is 459 g/mol. The van der Waals surface area contributed by atoms with Gasteiger partial charge in [0.2, 0.25) is 5.91 Å². The van der Waals surface area contributed by atoms with E-state index in [-0.39, 0.29) is 18.0 Å². The van der Waals surface area contributed by atoms with Gasteiger partial charge in [-0.15, -0.1) is 0 Å². The van der Waals surface area contributed by atoms with E-state index in [9.17, 15) is 4.79 Å². The molecule has 1 aliphatic heterocycles. The van der Waals surface area contributed by atoms with Crippen LogP contribution in [0.4, 0.5) is 11.4 Å². The molecule has 1 aliphatic carbocycles. The quantitative estimate of drug-likeness (QED) is 0.492. The molecule has 2 aliphatic rings. The third kappa shape index (κ3) is 4.50. The van der Waals surface area contributed by atoms with Crippen molar-refractivity contribution in [1.29, 1.82) is 0 Å². The maximum atomic E-state index is 11.4. The molecule has 170 valence electrons. The minimum Gasteiger partial charge on any atom is -0.351 e. The summed E-state index contributed by atoms with van der Waals surface area (Å²) in [5.74, 6) is -0.0849. The molecular formula is C26H29N5OS. The Balaban J connectivity index is 1.51.